The largest absolute Gasteiger partial charge is 0.256 e. The van der Waals surface area contributed by atoms with Crippen molar-refractivity contribution in [3.05, 3.63) is 158 Å². The lowest BCUT2D eigenvalue weighted by Crippen LogP contribution is -1.89. The molecule has 0 N–H and O–H groups in total. The van der Waals surface area contributed by atoms with Gasteiger partial charge in [-0.15, -0.1) is 0 Å². The zero-order valence-electron chi connectivity index (χ0n) is 24.9. The fraction of sp³-hybridized carbons (Fsp3) is 0. The lowest BCUT2D eigenvalue weighted by molar-refractivity contribution is 1.28. The Hall–Kier alpha value is -6.12. The van der Waals surface area contributed by atoms with E-state index in [9.17, 15) is 0 Å². The monoisotopic (exact) mass is 582 g/mol. The van der Waals surface area contributed by atoms with Gasteiger partial charge in [-0.05, 0) is 112 Å². The van der Waals surface area contributed by atoms with Gasteiger partial charge in [-0.3, -0.25) is 9.97 Å². The van der Waals surface area contributed by atoms with Crippen molar-refractivity contribution < 1.29 is 0 Å². The maximum atomic E-state index is 4.77. The van der Waals surface area contributed by atoms with Crippen molar-refractivity contribution in [3.63, 3.8) is 0 Å². The van der Waals surface area contributed by atoms with E-state index in [4.69, 9.17) is 4.98 Å². The summed E-state index contributed by atoms with van der Waals surface area (Å²) in [7, 11) is 0. The number of rotatable bonds is 3. The molecule has 0 aliphatic carbocycles. The highest BCUT2D eigenvalue weighted by Gasteiger charge is 2.16. The Morgan fingerprint density at radius 2 is 0.848 bits per heavy atom. The molecule has 10 aromatic rings. The molecule has 0 aliphatic rings. The van der Waals surface area contributed by atoms with Crippen molar-refractivity contribution in [2.45, 2.75) is 0 Å². The minimum atomic E-state index is 0.930. The third-order valence-corrected chi connectivity index (χ3v) is 9.66. The van der Waals surface area contributed by atoms with Crippen LogP contribution in [0.1, 0.15) is 0 Å². The maximum Gasteiger partial charge on any atom is 0.0717 e. The number of fused-ring (bicyclic) bond motifs is 2. The molecule has 0 saturated heterocycles. The Bertz CT molecular complexity index is 2760. The summed E-state index contributed by atoms with van der Waals surface area (Å²) in [6, 6.07) is 53.1. The molecule has 0 atom stereocenters. The predicted molar refractivity (Wildman–Crippen MR) is 195 cm³/mol. The zero-order valence-corrected chi connectivity index (χ0v) is 24.9. The van der Waals surface area contributed by atoms with Crippen LogP contribution < -0.4 is 0 Å². The summed E-state index contributed by atoms with van der Waals surface area (Å²) in [4.78, 5) is 9.23. The average molecular weight is 583 g/mol. The second-order valence-electron chi connectivity index (χ2n) is 12.2. The van der Waals surface area contributed by atoms with Crippen molar-refractivity contribution in [2.24, 2.45) is 0 Å². The van der Waals surface area contributed by atoms with Crippen LogP contribution in [0.25, 0.3) is 98.3 Å². The number of benzene rings is 7. The van der Waals surface area contributed by atoms with E-state index in [0.29, 0.717) is 0 Å². The molecule has 212 valence electrons. The number of aromatic nitrogens is 2. The Labute approximate surface area is 265 Å². The van der Waals surface area contributed by atoms with Crippen molar-refractivity contribution in [2.75, 3.05) is 0 Å². The summed E-state index contributed by atoms with van der Waals surface area (Å²) >= 11 is 0. The van der Waals surface area contributed by atoms with Crippen LogP contribution >= 0.6 is 0 Å². The quantitative estimate of drug-likeness (QED) is 0.194. The topological polar surface area (TPSA) is 25.8 Å². The summed E-state index contributed by atoms with van der Waals surface area (Å²) < 4.78 is 0. The highest BCUT2D eigenvalue weighted by molar-refractivity contribution is 6.37. The summed E-state index contributed by atoms with van der Waals surface area (Å²) in [6.45, 7) is 0. The van der Waals surface area contributed by atoms with Crippen LogP contribution in [0.4, 0.5) is 0 Å². The number of nitrogens with zero attached hydrogens (tertiary/aromatic N) is 2. The molecule has 0 spiro atoms. The van der Waals surface area contributed by atoms with Crippen LogP contribution in [0.15, 0.2) is 158 Å². The third kappa shape index (κ3) is 3.71. The molecule has 0 unspecified atom stereocenters. The molecule has 2 nitrogen and oxygen atoms in total. The van der Waals surface area contributed by atoms with Gasteiger partial charge in [0, 0.05) is 23.5 Å². The van der Waals surface area contributed by atoms with Gasteiger partial charge < -0.3 is 0 Å². The second-order valence-corrected chi connectivity index (χ2v) is 12.2. The summed E-state index contributed by atoms with van der Waals surface area (Å²) in [5.74, 6) is 0. The fourth-order valence-corrected chi connectivity index (χ4v) is 7.53. The fourth-order valence-electron chi connectivity index (χ4n) is 7.53. The van der Waals surface area contributed by atoms with E-state index in [2.05, 4.69) is 132 Å². The van der Waals surface area contributed by atoms with E-state index >= 15 is 0 Å². The highest BCUT2D eigenvalue weighted by atomic mass is 14.7. The third-order valence-electron chi connectivity index (χ3n) is 9.66. The van der Waals surface area contributed by atoms with Gasteiger partial charge in [0.1, 0.15) is 0 Å². The Kier molecular flexibility index (Phi) is 5.31. The van der Waals surface area contributed by atoms with Crippen LogP contribution in [0.3, 0.4) is 0 Å². The number of pyridine rings is 2. The smallest absolute Gasteiger partial charge is 0.0717 e. The van der Waals surface area contributed by atoms with E-state index in [1.54, 1.807) is 0 Å². The molecule has 0 aliphatic heterocycles. The van der Waals surface area contributed by atoms with Crippen LogP contribution in [0.2, 0.25) is 0 Å². The summed E-state index contributed by atoms with van der Waals surface area (Å²) in [6.07, 6.45) is 3.72. The van der Waals surface area contributed by atoms with E-state index in [0.717, 1.165) is 22.5 Å². The van der Waals surface area contributed by atoms with Crippen molar-refractivity contribution >= 4 is 64.6 Å². The first kappa shape index (κ1) is 25.2. The Morgan fingerprint density at radius 1 is 0.304 bits per heavy atom. The molecule has 46 heavy (non-hydrogen) atoms. The first-order chi connectivity index (χ1) is 22.8. The second kappa shape index (κ2) is 9.69. The molecule has 2 heterocycles. The van der Waals surface area contributed by atoms with Gasteiger partial charge in [-0.25, -0.2) is 0 Å². The normalized spacial score (nSPS) is 11.9. The van der Waals surface area contributed by atoms with Crippen LogP contribution in [-0.4, -0.2) is 9.97 Å². The molecular formula is C44H26N2. The van der Waals surface area contributed by atoms with Gasteiger partial charge in [-0.2, -0.15) is 0 Å². The van der Waals surface area contributed by atoms with Gasteiger partial charge in [0.15, 0.2) is 0 Å². The molecule has 0 amide bonds. The molecule has 0 saturated carbocycles. The Balaban J connectivity index is 1.21. The molecule has 0 bridgehead atoms. The first-order valence-electron chi connectivity index (χ1n) is 15.7. The average Bonchev–Trinajstić information content (AvgIpc) is 3.13. The number of hydrogen-bond donors (Lipinski definition) is 0. The van der Waals surface area contributed by atoms with Gasteiger partial charge in [0.2, 0.25) is 0 Å². The minimum Gasteiger partial charge on any atom is -0.256 e. The van der Waals surface area contributed by atoms with Crippen LogP contribution in [-0.2, 0) is 0 Å². The molecule has 2 heteroatoms. The van der Waals surface area contributed by atoms with Crippen molar-refractivity contribution in [3.8, 4) is 33.6 Å². The van der Waals surface area contributed by atoms with Crippen LogP contribution in [0, 0.1) is 0 Å². The van der Waals surface area contributed by atoms with Crippen molar-refractivity contribution in [1.29, 1.82) is 0 Å². The Morgan fingerprint density at radius 3 is 1.43 bits per heavy atom. The lowest BCUT2D eigenvalue weighted by atomic mass is 9.86. The summed E-state index contributed by atoms with van der Waals surface area (Å²) in [5, 5.41) is 15.6. The molecule has 10 rings (SSSR count). The van der Waals surface area contributed by atoms with Gasteiger partial charge in [0.05, 0.1) is 11.4 Å². The highest BCUT2D eigenvalue weighted by Crippen LogP contribution is 2.44. The van der Waals surface area contributed by atoms with E-state index < -0.39 is 0 Å². The van der Waals surface area contributed by atoms with Gasteiger partial charge >= 0.3 is 0 Å². The lowest BCUT2D eigenvalue weighted by Gasteiger charge is -2.17. The van der Waals surface area contributed by atoms with Gasteiger partial charge in [0.25, 0.3) is 0 Å². The molecule has 8 aromatic carbocycles. The molecule has 0 fully saturated rings. The molecular weight excluding hydrogens is 556 g/mol. The SMILES string of the molecule is c1ccc(-c2ccc(-c3ccc(-c4cc5ccc6cccc7c8cccc9ccc%10cccc(c(c4)c5c67)c%10c98)cc3)nc2)nc1. The minimum absolute atomic E-state index is 0.930. The van der Waals surface area contributed by atoms with Crippen LogP contribution in [0.5, 0.6) is 0 Å². The first-order valence-corrected chi connectivity index (χ1v) is 15.7. The zero-order chi connectivity index (χ0) is 30.2. The standard InChI is InChI=1S/C44H26N2/c1-2-23-45-39(12-1)33-21-22-40(46-26-33)28-15-13-27(14-16-28)34-24-32-20-19-31-7-4-10-36-35-9-3-6-29-17-18-30-8-5-11-37(43(30)41(29)35)38(25-34)44(32)42(31)36/h1-26H. The van der Waals surface area contributed by atoms with E-state index in [1.807, 2.05) is 30.6 Å². The van der Waals surface area contributed by atoms with Crippen molar-refractivity contribution in [1.82, 2.24) is 9.97 Å². The summed E-state index contributed by atoms with van der Waals surface area (Å²) in [5.41, 5.74) is 6.39. The predicted octanol–water partition coefficient (Wildman–Crippen LogP) is 11.8. The maximum absolute atomic E-state index is 4.77. The number of hydrogen-bond acceptors (Lipinski definition) is 2. The van der Waals surface area contributed by atoms with E-state index in [1.165, 1.54) is 75.8 Å². The van der Waals surface area contributed by atoms with Gasteiger partial charge in [-0.1, -0.05) is 109 Å². The molecule has 0 radical (unpaired) electrons. The van der Waals surface area contributed by atoms with E-state index in [-0.39, 0.29) is 0 Å². The molecule has 2 aromatic heterocycles.